The summed E-state index contributed by atoms with van der Waals surface area (Å²) >= 11 is 12.8. The average Bonchev–Trinajstić information content (AvgIpc) is 2.80. The van der Waals surface area contributed by atoms with Crippen molar-refractivity contribution in [2.45, 2.75) is 78.4 Å². The van der Waals surface area contributed by atoms with Crippen molar-refractivity contribution in [1.82, 2.24) is 10.2 Å². The monoisotopic (exact) mass is 504 g/mol. The van der Waals surface area contributed by atoms with Gasteiger partial charge in [0.15, 0.2) is 6.61 Å². The lowest BCUT2D eigenvalue weighted by Crippen LogP contribution is -2.51. The Kier molecular flexibility index (Phi) is 9.26. The zero-order valence-electron chi connectivity index (χ0n) is 20.4. The first-order valence-corrected chi connectivity index (χ1v) is 12.7. The average molecular weight is 505 g/mol. The highest BCUT2D eigenvalue weighted by molar-refractivity contribution is 6.36. The molecule has 1 aliphatic rings. The highest BCUT2D eigenvalue weighted by Gasteiger charge is 2.29. The highest BCUT2D eigenvalue weighted by atomic mass is 35.5. The molecular weight excluding hydrogens is 471 g/mol. The van der Waals surface area contributed by atoms with Crippen LogP contribution in [0.5, 0.6) is 5.75 Å². The van der Waals surface area contributed by atoms with Crippen LogP contribution in [0, 0.1) is 20.8 Å². The normalized spacial score (nSPS) is 15.0. The Bertz CT molecular complexity index is 1010. The van der Waals surface area contributed by atoms with E-state index in [0.29, 0.717) is 21.4 Å². The van der Waals surface area contributed by atoms with Gasteiger partial charge in [-0.2, -0.15) is 0 Å². The number of hydrogen-bond donors (Lipinski definition) is 1. The van der Waals surface area contributed by atoms with E-state index in [0.717, 1.165) is 42.4 Å². The summed E-state index contributed by atoms with van der Waals surface area (Å²) in [5.41, 5.74) is 3.76. The zero-order valence-corrected chi connectivity index (χ0v) is 21.9. The Morgan fingerprint density at radius 3 is 2.38 bits per heavy atom. The minimum Gasteiger partial charge on any atom is -0.483 e. The number of carbonyl (C=O) groups excluding carboxylic acids is 2. The molecule has 0 radical (unpaired) electrons. The summed E-state index contributed by atoms with van der Waals surface area (Å²) in [6, 6.07) is 8.66. The minimum atomic E-state index is -0.703. The number of halogens is 2. The molecule has 0 spiro atoms. The molecule has 7 heteroatoms. The van der Waals surface area contributed by atoms with Crippen LogP contribution >= 0.6 is 23.2 Å². The first-order chi connectivity index (χ1) is 16.2. The molecule has 0 aromatic heterocycles. The molecule has 1 unspecified atom stereocenters. The zero-order chi connectivity index (χ0) is 24.8. The lowest BCUT2D eigenvalue weighted by atomic mass is 9.95. The van der Waals surface area contributed by atoms with E-state index in [1.54, 1.807) is 25.1 Å². The van der Waals surface area contributed by atoms with Gasteiger partial charge in [0.1, 0.15) is 11.8 Å². The number of hydrogen-bond acceptors (Lipinski definition) is 3. The lowest BCUT2D eigenvalue weighted by Gasteiger charge is -2.31. The van der Waals surface area contributed by atoms with Crippen molar-refractivity contribution < 1.29 is 14.3 Å². The molecule has 1 atom stereocenters. The molecule has 1 fully saturated rings. The summed E-state index contributed by atoms with van der Waals surface area (Å²) in [5.74, 6) is 0.188. The number of carbonyl (C=O) groups is 2. The molecule has 2 amide bonds. The van der Waals surface area contributed by atoms with E-state index in [9.17, 15) is 9.59 Å². The van der Waals surface area contributed by atoms with Gasteiger partial charge in [-0.1, -0.05) is 54.6 Å². The van der Waals surface area contributed by atoms with Crippen LogP contribution in [-0.2, 0) is 16.1 Å². The fourth-order valence-corrected chi connectivity index (χ4v) is 4.90. The largest absolute Gasteiger partial charge is 0.483 e. The standard InChI is InChI=1S/C27H34Cl2N2O3/c1-17-13-18(2)19(3)25(14-17)34-16-26(32)31(15-22-23(28)11-8-12-24(22)29)20(4)27(33)30-21-9-6-5-7-10-21/h8,11-14,20-21H,5-7,9-10,15-16H2,1-4H3,(H,30,33). The number of ether oxygens (including phenoxy) is 1. The van der Waals surface area contributed by atoms with Crippen molar-refractivity contribution in [1.29, 1.82) is 0 Å². The van der Waals surface area contributed by atoms with Gasteiger partial charge in [-0.25, -0.2) is 0 Å². The molecular formula is C27H34Cl2N2O3. The molecule has 2 aromatic carbocycles. The Morgan fingerprint density at radius 1 is 1.09 bits per heavy atom. The fourth-order valence-electron chi connectivity index (χ4n) is 4.38. The number of aryl methyl sites for hydroxylation is 2. The summed E-state index contributed by atoms with van der Waals surface area (Å²) in [7, 11) is 0. The molecule has 1 aliphatic carbocycles. The number of nitrogens with zero attached hydrogens (tertiary/aromatic N) is 1. The third kappa shape index (κ3) is 6.67. The number of amides is 2. The van der Waals surface area contributed by atoms with Crippen molar-refractivity contribution in [3.8, 4) is 5.75 Å². The van der Waals surface area contributed by atoms with E-state index in [-0.39, 0.29) is 31.0 Å². The van der Waals surface area contributed by atoms with Crippen molar-refractivity contribution in [3.63, 3.8) is 0 Å². The predicted molar refractivity (Wildman–Crippen MR) is 138 cm³/mol. The van der Waals surface area contributed by atoms with Crippen molar-refractivity contribution in [2.24, 2.45) is 0 Å². The highest BCUT2D eigenvalue weighted by Crippen LogP contribution is 2.27. The first-order valence-electron chi connectivity index (χ1n) is 11.9. The van der Waals surface area contributed by atoms with Gasteiger partial charge in [0.25, 0.3) is 5.91 Å². The van der Waals surface area contributed by atoms with Gasteiger partial charge >= 0.3 is 0 Å². The summed E-state index contributed by atoms with van der Waals surface area (Å²) in [6.45, 7) is 7.64. The van der Waals surface area contributed by atoms with Crippen LogP contribution in [0.25, 0.3) is 0 Å². The maximum Gasteiger partial charge on any atom is 0.261 e. The third-order valence-electron chi connectivity index (χ3n) is 6.62. The van der Waals surface area contributed by atoms with Gasteiger partial charge in [-0.05, 0) is 75.4 Å². The van der Waals surface area contributed by atoms with Gasteiger partial charge in [-0.3, -0.25) is 9.59 Å². The molecule has 1 N–H and O–H groups in total. The number of benzene rings is 2. The summed E-state index contributed by atoms with van der Waals surface area (Å²) in [5, 5.41) is 4.04. The SMILES string of the molecule is Cc1cc(C)c(C)c(OCC(=O)N(Cc2c(Cl)cccc2Cl)C(C)C(=O)NC2CCCCC2)c1. The number of nitrogens with one attached hydrogen (secondary N) is 1. The van der Waals surface area contributed by atoms with Crippen LogP contribution < -0.4 is 10.1 Å². The molecule has 5 nitrogen and oxygen atoms in total. The predicted octanol–water partition coefficient (Wildman–Crippen LogP) is 6.16. The molecule has 1 saturated carbocycles. The van der Waals surface area contributed by atoms with Crippen LogP contribution in [-0.4, -0.2) is 35.4 Å². The second kappa shape index (κ2) is 11.9. The molecule has 0 saturated heterocycles. The van der Waals surface area contributed by atoms with Gasteiger partial charge in [0.2, 0.25) is 5.91 Å². The molecule has 34 heavy (non-hydrogen) atoms. The van der Waals surface area contributed by atoms with E-state index < -0.39 is 6.04 Å². The van der Waals surface area contributed by atoms with Gasteiger partial charge < -0.3 is 15.0 Å². The van der Waals surface area contributed by atoms with Crippen molar-refractivity contribution in [3.05, 3.63) is 62.6 Å². The molecule has 0 bridgehead atoms. The fraction of sp³-hybridized carbons (Fsp3) is 0.481. The quantitative estimate of drug-likeness (QED) is 0.467. The topological polar surface area (TPSA) is 58.6 Å². The molecule has 0 heterocycles. The van der Waals surface area contributed by atoms with Crippen molar-refractivity contribution in [2.75, 3.05) is 6.61 Å². The van der Waals surface area contributed by atoms with Crippen LogP contribution in [0.1, 0.15) is 61.3 Å². The van der Waals surface area contributed by atoms with E-state index in [1.165, 1.54) is 11.3 Å². The van der Waals surface area contributed by atoms with Crippen LogP contribution in [0.4, 0.5) is 0 Å². The Labute approximate surface area is 212 Å². The maximum atomic E-state index is 13.4. The molecule has 184 valence electrons. The minimum absolute atomic E-state index is 0.117. The Balaban J connectivity index is 1.80. The van der Waals surface area contributed by atoms with Gasteiger partial charge in [0, 0.05) is 28.2 Å². The third-order valence-corrected chi connectivity index (χ3v) is 7.33. The van der Waals surface area contributed by atoms with Crippen LogP contribution in [0.3, 0.4) is 0 Å². The first kappa shape index (κ1) is 26.4. The van der Waals surface area contributed by atoms with E-state index >= 15 is 0 Å². The summed E-state index contributed by atoms with van der Waals surface area (Å²) < 4.78 is 5.93. The smallest absolute Gasteiger partial charge is 0.261 e. The van der Waals surface area contributed by atoms with Crippen LogP contribution in [0.2, 0.25) is 10.0 Å². The van der Waals surface area contributed by atoms with Gasteiger partial charge in [-0.15, -0.1) is 0 Å². The Hall–Kier alpha value is -2.24. The summed E-state index contributed by atoms with van der Waals surface area (Å²) in [4.78, 5) is 28.0. The van der Waals surface area contributed by atoms with Crippen LogP contribution in [0.15, 0.2) is 30.3 Å². The van der Waals surface area contributed by atoms with Gasteiger partial charge in [0.05, 0.1) is 0 Å². The molecule has 0 aliphatic heterocycles. The number of rotatable bonds is 8. The van der Waals surface area contributed by atoms with E-state index in [1.807, 2.05) is 26.8 Å². The maximum absolute atomic E-state index is 13.4. The lowest BCUT2D eigenvalue weighted by molar-refractivity contribution is -0.142. The van der Waals surface area contributed by atoms with E-state index in [4.69, 9.17) is 27.9 Å². The molecule has 2 aromatic rings. The second-order valence-electron chi connectivity index (χ2n) is 9.23. The van der Waals surface area contributed by atoms with E-state index in [2.05, 4.69) is 11.4 Å². The van der Waals surface area contributed by atoms with Crippen molar-refractivity contribution >= 4 is 35.0 Å². The second-order valence-corrected chi connectivity index (χ2v) is 10.0. The Morgan fingerprint density at radius 2 is 1.74 bits per heavy atom. The summed E-state index contributed by atoms with van der Waals surface area (Å²) in [6.07, 6.45) is 5.36. The molecule has 3 rings (SSSR count).